The minimum Gasteiger partial charge on any atom is -0.502 e. The van der Waals surface area contributed by atoms with Gasteiger partial charge in [-0.3, -0.25) is 0 Å². The van der Waals surface area contributed by atoms with Crippen LogP contribution in [-0.2, 0) is 6.54 Å². The maximum atomic E-state index is 9.83. The summed E-state index contributed by atoms with van der Waals surface area (Å²) in [5.41, 5.74) is 0.887. The Balaban J connectivity index is 2.17. The average Bonchev–Trinajstić information content (AvgIpc) is 2.46. The van der Waals surface area contributed by atoms with E-state index in [1.54, 1.807) is 18.2 Å². The SMILES string of the molecule is COc1cc(CNc2cccc(Cl)n2)cc(OC)c1O. The number of ether oxygens (including phenoxy) is 2. The van der Waals surface area contributed by atoms with Crippen molar-refractivity contribution in [3.8, 4) is 17.2 Å². The number of phenols is 1. The van der Waals surface area contributed by atoms with Gasteiger partial charge in [-0.05, 0) is 29.8 Å². The lowest BCUT2D eigenvalue weighted by atomic mass is 10.2. The summed E-state index contributed by atoms with van der Waals surface area (Å²) in [5.74, 6) is 1.38. The number of benzene rings is 1. The number of hydrogen-bond donors (Lipinski definition) is 2. The summed E-state index contributed by atoms with van der Waals surface area (Å²) in [6.07, 6.45) is 0. The van der Waals surface area contributed by atoms with E-state index in [-0.39, 0.29) is 5.75 Å². The number of aromatic hydroxyl groups is 1. The quantitative estimate of drug-likeness (QED) is 0.830. The lowest BCUT2D eigenvalue weighted by molar-refractivity contribution is 0.339. The smallest absolute Gasteiger partial charge is 0.200 e. The monoisotopic (exact) mass is 294 g/mol. The standard InChI is InChI=1S/C14H15ClN2O3/c1-19-10-6-9(7-11(20-2)14(10)18)8-16-13-5-3-4-12(15)17-13/h3-7,18H,8H2,1-2H3,(H,16,17). The summed E-state index contributed by atoms with van der Waals surface area (Å²) < 4.78 is 10.2. The van der Waals surface area contributed by atoms with Gasteiger partial charge in [0, 0.05) is 6.54 Å². The number of nitrogens with one attached hydrogen (secondary N) is 1. The lowest BCUT2D eigenvalue weighted by Crippen LogP contribution is -2.02. The molecule has 0 aliphatic carbocycles. The van der Waals surface area contributed by atoms with E-state index in [1.165, 1.54) is 14.2 Å². The fraction of sp³-hybridized carbons (Fsp3) is 0.214. The molecule has 0 bridgehead atoms. The van der Waals surface area contributed by atoms with Gasteiger partial charge in [0.15, 0.2) is 11.5 Å². The molecule has 0 spiro atoms. The molecular weight excluding hydrogens is 280 g/mol. The van der Waals surface area contributed by atoms with Gasteiger partial charge < -0.3 is 19.9 Å². The van der Waals surface area contributed by atoms with Gasteiger partial charge in [0.05, 0.1) is 14.2 Å². The van der Waals surface area contributed by atoms with Gasteiger partial charge in [-0.2, -0.15) is 0 Å². The van der Waals surface area contributed by atoms with Crippen LogP contribution in [0, 0.1) is 0 Å². The Kier molecular flexibility index (Phi) is 4.53. The Morgan fingerprint density at radius 3 is 2.40 bits per heavy atom. The van der Waals surface area contributed by atoms with Crippen LogP contribution in [0.2, 0.25) is 5.15 Å². The topological polar surface area (TPSA) is 63.6 Å². The first-order chi connectivity index (χ1) is 9.63. The van der Waals surface area contributed by atoms with E-state index in [0.29, 0.717) is 29.0 Å². The minimum atomic E-state index is -0.0142. The average molecular weight is 295 g/mol. The lowest BCUT2D eigenvalue weighted by Gasteiger charge is -2.12. The molecule has 1 aromatic heterocycles. The molecule has 2 aromatic rings. The maximum Gasteiger partial charge on any atom is 0.200 e. The molecule has 6 heteroatoms. The van der Waals surface area contributed by atoms with Gasteiger partial charge in [-0.1, -0.05) is 17.7 Å². The Bertz CT molecular complexity index is 580. The fourth-order valence-corrected chi connectivity index (χ4v) is 1.91. The van der Waals surface area contributed by atoms with Gasteiger partial charge >= 0.3 is 0 Å². The van der Waals surface area contributed by atoms with E-state index < -0.39 is 0 Å². The number of rotatable bonds is 5. The van der Waals surface area contributed by atoms with E-state index in [2.05, 4.69) is 10.3 Å². The van der Waals surface area contributed by atoms with E-state index in [1.807, 2.05) is 12.1 Å². The molecule has 0 saturated carbocycles. The molecule has 0 unspecified atom stereocenters. The summed E-state index contributed by atoms with van der Waals surface area (Å²) >= 11 is 5.82. The van der Waals surface area contributed by atoms with Crippen LogP contribution in [0.15, 0.2) is 30.3 Å². The predicted molar refractivity (Wildman–Crippen MR) is 77.8 cm³/mol. The third-order valence-electron chi connectivity index (χ3n) is 2.73. The molecule has 2 N–H and O–H groups in total. The molecule has 20 heavy (non-hydrogen) atoms. The maximum absolute atomic E-state index is 9.83. The number of methoxy groups -OCH3 is 2. The zero-order valence-electron chi connectivity index (χ0n) is 11.2. The molecular formula is C14H15ClN2O3. The first kappa shape index (κ1) is 14.3. The van der Waals surface area contributed by atoms with E-state index >= 15 is 0 Å². The zero-order valence-corrected chi connectivity index (χ0v) is 11.9. The third-order valence-corrected chi connectivity index (χ3v) is 2.94. The largest absolute Gasteiger partial charge is 0.502 e. The molecule has 106 valence electrons. The van der Waals surface area contributed by atoms with Crippen molar-refractivity contribution in [2.45, 2.75) is 6.54 Å². The molecule has 0 fully saturated rings. The van der Waals surface area contributed by atoms with Crippen LogP contribution < -0.4 is 14.8 Å². The minimum absolute atomic E-state index is 0.0142. The van der Waals surface area contributed by atoms with Crippen molar-refractivity contribution < 1.29 is 14.6 Å². The second-order valence-electron chi connectivity index (χ2n) is 4.05. The summed E-state index contributed by atoms with van der Waals surface area (Å²) in [5, 5.41) is 13.4. The second-order valence-corrected chi connectivity index (χ2v) is 4.44. The van der Waals surface area contributed by atoms with Crippen LogP contribution >= 0.6 is 11.6 Å². The van der Waals surface area contributed by atoms with Crippen molar-refractivity contribution in [1.82, 2.24) is 4.98 Å². The van der Waals surface area contributed by atoms with Crippen molar-refractivity contribution in [2.24, 2.45) is 0 Å². The third kappa shape index (κ3) is 3.24. The van der Waals surface area contributed by atoms with Crippen molar-refractivity contribution in [3.05, 3.63) is 41.0 Å². The highest BCUT2D eigenvalue weighted by atomic mass is 35.5. The molecule has 0 aliphatic heterocycles. The Morgan fingerprint density at radius 1 is 1.20 bits per heavy atom. The van der Waals surface area contributed by atoms with Crippen LogP contribution in [0.5, 0.6) is 17.2 Å². The summed E-state index contributed by atoms with van der Waals surface area (Å²) in [6, 6.07) is 8.81. The van der Waals surface area contributed by atoms with E-state index in [4.69, 9.17) is 21.1 Å². The summed E-state index contributed by atoms with van der Waals surface area (Å²) in [7, 11) is 2.98. The van der Waals surface area contributed by atoms with Gasteiger partial charge in [-0.15, -0.1) is 0 Å². The predicted octanol–water partition coefficient (Wildman–Crippen LogP) is 3.07. The van der Waals surface area contributed by atoms with E-state index in [9.17, 15) is 5.11 Å². The van der Waals surface area contributed by atoms with Crippen molar-refractivity contribution in [3.63, 3.8) is 0 Å². The molecule has 1 heterocycles. The summed E-state index contributed by atoms with van der Waals surface area (Å²) in [4.78, 5) is 4.13. The number of halogens is 1. The zero-order chi connectivity index (χ0) is 14.5. The highest BCUT2D eigenvalue weighted by Gasteiger charge is 2.11. The van der Waals surface area contributed by atoms with Crippen molar-refractivity contribution >= 4 is 17.4 Å². The Morgan fingerprint density at radius 2 is 1.85 bits per heavy atom. The van der Waals surface area contributed by atoms with Gasteiger partial charge in [0.1, 0.15) is 11.0 Å². The molecule has 0 aliphatic rings. The van der Waals surface area contributed by atoms with Crippen LogP contribution in [0.4, 0.5) is 5.82 Å². The van der Waals surface area contributed by atoms with Crippen LogP contribution in [0.1, 0.15) is 5.56 Å². The summed E-state index contributed by atoms with van der Waals surface area (Å²) in [6.45, 7) is 0.500. The van der Waals surface area contributed by atoms with Gasteiger partial charge in [0.25, 0.3) is 0 Å². The fourth-order valence-electron chi connectivity index (χ4n) is 1.75. The van der Waals surface area contributed by atoms with E-state index in [0.717, 1.165) is 5.56 Å². The normalized spacial score (nSPS) is 10.2. The highest BCUT2D eigenvalue weighted by Crippen LogP contribution is 2.37. The number of pyridine rings is 1. The molecule has 0 saturated heterocycles. The molecule has 0 radical (unpaired) electrons. The molecule has 0 atom stereocenters. The van der Waals surface area contributed by atoms with Crippen LogP contribution in [0.25, 0.3) is 0 Å². The van der Waals surface area contributed by atoms with Crippen molar-refractivity contribution in [2.75, 3.05) is 19.5 Å². The first-order valence-corrected chi connectivity index (χ1v) is 6.32. The molecule has 5 nitrogen and oxygen atoms in total. The first-order valence-electron chi connectivity index (χ1n) is 5.94. The second kappa shape index (κ2) is 6.34. The van der Waals surface area contributed by atoms with Gasteiger partial charge in [-0.25, -0.2) is 4.98 Å². The number of aromatic nitrogens is 1. The van der Waals surface area contributed by atoms with Crippen LogP contribution in [0.3, 0.4) is 0 Å². The number of nitrogens with zero attached hydrogens (tertiary/aromatic N) is 1. The van der Waals surface area contributed by atoms with Crippen LogP contribution in [-0.4, -0.2) is 24.3 Å². The number of phenolic OH excluding ortho intramolecular Hbond substituents is 1. The number of hydrogen-bond acceptors (Lipinski definition) is 5. The Labute approximate surface area is 122 Å². The highest BCUT2D eigenvalue weighted by molar-refractivity contribution is 6.29. The van der Waals surface area contributed by atoms with Crippen molar-refractivity contribution in [1.29, 1.82) is 0 Å². The molecule has 1 aromatic carbocycles. The van der Waals surface area contributed by atoms with Gasteiger partial charge in [0.2, 0.25) is 5.75 Å². The number of anilines is 1. The molecule has 0 amide bonds. The Hall–Kier alpha value is -2.14. The molecule has 2 rings (SSSR count).